The van der Waals surface area contributed by atoms with Crippen LogP contribution in [0.4, 0.5) is 13.2 Å². The molecule has 1 rings (SSSR count). The summed E-state index contributed by atoms with van der Waals surface area (Å²) in [5.41, 5.74) is 2.06. The van der Waals surface area contributed by atoms with E-state index in [1.165, 1.54) is 0 Å². The van der Waals surface area contributed by atoms with Gasteiger partial charge in [0.15, 0.2) is 0 Å². The lowest BCUT2D eigenvalue weighted by atomic mass is 10.1. The fourth-order valence-electron chi connectivity index (χ4n) is 1.55. The van der Waals surface area contributed by atoms with Crippen molar-refractivity contribution in [1.29, 1.82) is 0 Å². The zero-order chi connectivity index (χ0) is 13.8. The minimum atomic E-state index is -4.44. The maximum Gasteiger partial charge on any atom is 0.406 e. The van der Waals surface area contributed by atoms with Gasteiger partial charge >= 0.3 is 6.18 Å². The zero-order valence-electron chi connectivity index (χ0n) is 9.88. The molecule has 1 aliphatic heterocycles. The highest BCUT2D eigenvalue weighted by molar-refractivity contribution is 6.39. The summed E-state index contributed by atoms with van der Waals surface area (Å²) in [4.78, 5) is 23.4. The molecule has 1 N–H and O–H groups in total. The largest absolute Gasteiger partial charge is 0.406 e. The molecule has 0 aromatic rings. The van der Waals surface area contributed by atoms with Gasteiger partial charge in [-0.15, -0.1) is 0 Å². The van der Waals surface area contributed by atoms with Crippen molar-refractivity contribution in [2.24, 2.45) is 5.10 Å². The highest BCUT2D eigenvalue weighted by atomic mass is 19.4. The molecule has 18 heavy (non-hydrogen) atoms. The molecule has 0 saturated carbocycles. The van der Waals surface area contributed by atoms with Crippen molar-refractivity contribution in [3.05, 3.63) is 0 Å². The first-order chi connectivity index (χ1) is 8.33. The number of rotatable bonds is 4. The normalized spacial score (nSPS) is 16.0. The van der Waals surface area contributed by atoms with Gasteiger partial charge in [0.25, 0.3) is 5.91 Å². The third-order valence-corrected chi connectivity index (χ3v) is 2.30. The van der Waals surface area contributed by atoms with Crippen molar-refractivity contribution in [2.75, 3.05) is 13.1 Å². The molecule has 0 unspecified atom stereocenters. The Kier molecular flexibility index (Phi) is 4.69. The summed E-state index contributed by atoms with van der Waals surface area (Å²) in [6.07, 6.45) is -3.88. The Balaban J connectivity index is 2.73. The van der Waals surface area contributed by atoms with E-state index in [4.69, 9.17) is 0 Å². The van der Waals surface area contributed by atoms with Gasteiger partial charge in [0.1, 0.15) is 12.3 Å². The summed E-state index contributed by atoms with van der Waals surface area (Å²) in [5.74, 6) is -1.11. The molecule has 0 aliphatic carbocycles. The summed E-state index contributed by atoms with van der Waals surface area (Å²) in [6, 6.07) is 0. The molecule has 1 heterocycles. The van der Waals surface area contributed by atoms with E-state index in [0.717, 1.165) is 0 Å². The number of hydrogen-bond donors (Lipinski definition) is 1. The summed E-state index contributed by atoms with van der Waals surface area (Å²) in [6.45, 7) is 0.388. The molecule has 1 aliphatic rings. The molecule has 5 nitrogen and oxygen atoms in total. The average molecular weight is 265 g/mol. The number of hydrazone groups is 1. The van der Waals surface area contributed by atoms with E-state index in [1.54, 1.807) is 6.92 Å². The first-order valence-corrected chi connectivity index (χ1v) is 5.55. The van der Waals surface area contributed by atoms with Gasteiger partial charge in [0.2, 0.25) is 5.91 Å². The first-order valence-electron chi connectivity index (χ1n) is 5.55. The van der Waals surface area contributed by atoms with Crippen molar-refractivity contribution in [1.82, 2.24) is 10.3 Å². The number of nitrogens with one attached hydrogen (secondary N) is 1. The maximum absolute atomic E-state index is 12.3. The number of nitrogens with zero attached hydrogens (tertiary/aromatic N) is 2. The van der Waals surface area contributed by atoms with E-state index in [0.29, 0.717) is 11.3 Å². The highest BCUT2D eigenvalue weighted by Crippen LogP contribution is 2.17. The van der Waals surface area contributed by atoms with Crippen LogP contribution in [0, 0.1) is 0 Å². The van der Waals surface area contributed by atoms with Crippen LogP contribution in [0.3, 0.4) is 0 Å². The number of alkyl halides is 3. The molecule has 0 aromatic heterocycles. The lowest BCUT2D eigenvalue weighted by Gasteiger charge is -2.24. The zero-order valence-corrected chi connectivity index (χ0v) is 9.88. The van der Waals surface area contributed by atoms with Gasteiger partial charge in [0, 0.05) is 19.4 Å². The Labute approximate surface area is 102 Å². The van der Waals surface area contributed by atoms with Crippen LogP contribution in [0.1, 0.15) is 26.2 Å². The monoisotopic (exact) mass is 265 g/mol. The predicted octanol–water partition coefficient (Wildman–Crippen LogP) is 1.05. The number of halogens is 3. The van der Waals surface area contributed by atoms with Crippen LogP contribution in [0.5, 0.6) is 0 Å². The van der Waals surface area contributed by atoms with Gasteiger partial charge < -0.3 is 4.90 Å². The lowest BCUT2D eigenvalue weighted by Crippen LogP contribution is -2.44. The molecule has 0 atom stereocenters. The summed E-state index contributed by atoms with van der Waals surface area (Å²) >= 11 is 0. The molecule has 102 valence electrons. The fraction of sp³-hybridized carbons (Fsp3) is 0.700. The molecule has 2 amide bonds. The molecular formula is C10H14F3N3O2. The summed E-state index contributed by atoms with van der Waals surface area (Å²) in [7, 11) is 0. The number of carbonyl (C=O) groups is 2. The Bertz CT molecular complexity index is 366. The third kappa shape index (κ3) is 4.34. The van der Waals surface area contributed by atoms with Gasteiger partial charge in [-0.25, -0.2) is 5.43 Å². The van der Waals surface area contributed by atoms with E-state index < -0.39 is 18.6 Å². The topological polar surface area (TPSA) is 61.8 Å². The van der Waals surface area contributed by atoms with Crippen LogP contribution in [0.25, 0.3) is 0 Å². The quantitative estimate of drug-likeness (QED) is 0.826. The smallest absolute Gasteiger partial charge is 0.328 e. The van der Waals surface area contributed by atoms with E-state index in [1.807, 2.05) is 0 Å². The Morgan fingerprint density at radius 2 is 2.11 bits per heavy atom. The van der Waals surface area contributed by atoms with Gasteiger partial charge in [-0.3, -0.25) is 9.59 Å². The first kappa shape index (κ1) is 14.5. The van der Waals surface area contributed by atoms with E-state index >= 15 is 0 Å². The molecule has 0 fully saturated rings. The Hall–Kier alpha value is -1.60. The Morgan fingerprint density at radius 3 is 2.56 bits per heavy atom. The molecule has 0 saturated heterocycles. The second-order valence-corrected chi connectivity index (χ2v) is 3.94. The molecular weight excluding hydrogens is 251 g/mol. The highest BCUT2D eigenvalue weighted by Gasteiger charge is 2.34. The number of hydrogen-bond acceptors (Lipinski definition) is 3. The molecule has 0 spiro atoms. The minimum absolute atomic E-state index is 0.00527. The van der Waals surface area contributed by atoms with Gasteiger partial charge in [-0.1, -0.05) is 6.92 Å². The minimum Gasteiger partial charge on any atom is -0.328 e. The van der Waals surface area contributed by atoms with Crippen LogP contribution in [0.2, 0.25) is 0 Å². The van der Waals surface area contributed by atoms with Crippen LogP contribution < -0.4 is 5.43 Å². The van der Waals surface area contributed by atoms with Crippen molar-refractivity contribution in [3.8, 4) is 0 Å². The van der Waals surface area contributed by atoms with Crippen molar-refractivity contribution >= 4 is 17.5 Å². The molecule has 0 aromatic carbocycles. The SMILES string of the molecule is CCCN(CC(F)(F)F)C(=O)C1=NNC(=O)CC1. The van der Waals surface area contributed by atoms with Crippen molar-refractivity contribution < 1.29 is 22.8 Å². The molecule has 8 heteroatoms. The lowest BCUT2D eigenvalue weighted by molar-refractivity contribution is -0.157. The van der Waals surface area contributed by atoms with Crippen LogP contribution in [-0.4, -0.2) is 41.7 Å². The fourth-order valence-corrected chi connectivity index (χ4v) is 1.55. The van der Waals surface area contributed by atoms with Gasteiger partial charge in [0.05, 0.1) is 0 Å². The van der Waals surface area contributed by atoms with Crippen LogP contribution in [-0.2, 0) is 9.59 Å². The summed E-state index contributed by atoms with van der Waals surface area (Å²) < 4.78 is 36.9. The number of carbonyl (C=O) groups excluding carboxylic acids is 2. The standard InChI is InChI=1S/C10H14F3N3O2/c1-2-5-16(6-10(11,12)13)9(18)7-3-4-8(17)15-14-7/h2-6H2,1H3,(H,15,17). The molecule has 0 radical (unpaired) electrons. The van der Waals surface area contributed by atoms with E-state index in [2.05, 4.69) is 10.5 Å². The van der Waals surface area contributed by atoms with Crippen LogP contribution >= 0.6 is 0 Å². The van der Waals surface area contributed by atoms with Crippen LogP contribution in [0.15, 0.2) is 5.10 Å². The third-order valence-electron chi connectivity index (χ3n) is 2.30. The predicted molar refractivity (Wildman–Crippen MR) is 57.7 cm³/mol. The second-order valence-electron chi connectivity index (χ2n) is 3.94. The average Bonchev–Trinajstić information content (AvgIpc) is 2.27. The van der Waals surface area contributed by atoms with Gasteiger partial charge in [-0.2, -0.15) is 18.3 Å². The second kappa shape index (κ2) is 5.83. The van der Waals surface area contributed by atoms with E-state index in [-0.39, 0.29) is 31.0 Å². The number of amides is 2. The summed E-state index contributed by atoms with van der Waals surface area (Å²) in [5, 5.41) is 3.50. The van der Waals surface area contributed by atoms with Crippen molar-refractivity contribution in [2.45, 2.75) is 32.4 Å². The van der Waals surface area contributed by atoms with Crippen molar-refractivity contribution in [3.63, 3.8) is 0 Å². The van der Waals surface area contributed by atoms with E-state index in [9.17, 15) is 22.8 Å². The molecule has 0 bridgehead atoms. The maximum atomic E-state index is 12.3. The Morgan fingerprint density at radius 1 is 1.44 bits per heavy atom. The van der Waals surface area contributed by atoms with Gasteiger partial charge in [-0.05, 0) is 6.42 Å².